The van der Waals surface area contributed by atoms with Gasteiger partial charge in [0.25, 0.3) is 5.91 Å². The maximum Gasteiger partial charge on any atom is 0.261 e. The Balaban J connectivity index is 1.52. The number of nitrogens with one attached hydrogen (secondary N) is 1. The molecule has 3 heterocycles. The van der Waals surface area contributed by atoms with Gasteiger partial charge < -0.3 is 5.32 Å². The van der Waals surface area contributed by atoms with Crippen LogP contribution in [0.1, 0.15) is 48.0 Å². The molecule has 0 unspecified atom stereocenters. The largest absolute Gasteiger partial charge is 0.367 e. The number of aryl methyl sites for hydroxylation is 1. The van der Waals surface area contributed by atoms with E-state index in [1.165, 1.54) is 49.6 Å². The number of aromatic nitrogens is 3. The molecule has 1 aromatic carbocycles. The Hall–Kier alpha value is -3.29. The predicted octanol–water partition coefficient (Wildman–Crippen LogP) is 7.25. The van der Waals surface area contributed by atoms with Crippen LogP contribution in [0, 0.1) is 6.92 Å². The standard InChI is InChI=1S/C28H28ClN5OS/c1-18-7-6-8-19(15-18)25-26(20-13-14-30-24(16-20)32-22-9-4-3-5-10-22)36-28(33-25)34(2)27(35)21-11-12-23(29)31-17-21/h6-8,11-17,22H,3-5,9-10H2,1-2H3,(H,30,32). The van der Waals surface area contributed by atoms with Gasteiger partial charge in [-0.3, -0.25) is 9.69 Å². The SMILES string of the molecule is Cc1cccc(-c2nc(N(C)C(=O)c3ccc(Cl)nc3)sc2-c2ccnc(NC3CCCCC3)c2)c1. The van der Waals surface area contributed by atoms with Crippen LogP contribution in [0.25, 0.3) is 21.7 Å². The fourth-order valence-electron chi connectivity index (χ4n) is 4.53. The number of benzene rings is 1. The molecule has 0 spiro atoms. The number of hydrogen-bond donors (Lipinski definition) is 1. The van der Waals surface area contributed by atoms with E-state index in [0.717, 1.165) is 33.1 Å². The lowest BCUT2D eigenvalue weighted by Crippen LogP contribution is -2.26. The molecule has 1 fully saturated rings. The van der Waals surface area contributed by atoms with Crippen LogP contribution in [-0.4, -0.2) is 33.9 Å². The third-order valence-corrected chi connectivity index (χ3v) is 7.86. The summed E-state index contributed by atoms with van der Waals surface area (Å²) >= 11 is 7.40. The van der Waals surface area contributed by atoms with Crippen LogP contribution >= 0.6 is 22.9 Å². The van der Waals surface area contributed by atoms with Crippen LogP contribution in [0.15, 0.2) is 60.9 Å². The van der Waals surface area contributed by atoms with Gasteiger partial charge in [-0.1, -0.05) is 66.0 Å². The van der Waals surface area contributed by atoms with Crippen LogP contribution in [0.2, 0.25) is 5.15 Å². The van der Waals surface area contributed by atoms with Gasteiger partial charge in [0.05, 0.1) is 16.1 Å². The molecule has 0 aliphatic heterocycles. The van der Waals surface area contributed by atoms with Gasteiger partial charge in [0, 0.05) is 31.0 Å². The summed E-state index contributed by atoms with van der Waals surface area (Å²) < 4.78 is 0. The number of halogens is 1. The van der Waals surface area contributed by atoms with Crippen molar-refractivity contribution in [2.75, 3.05) is 17.3 Å². The van der Waals surface area contributed by atoms with Crippen LogP contribution in [0.4, 0.5) is 10.9 Å². The zero-order chi connectivity index (χ0) is 25.1. The highest BCUT2D eigenvalue weighted by Gasteiger charge is 2.22. The molecule has 0 radical (unpaired) electrons. The number of nitrogens with zero attached hydrogens (tertiary/aromatic N) is 4. The number of rotatable bonds is 6. The van der Waals surface area contributed by atoms with E-state index in [4.69, 9.17) is 16.6 Å². The molecule has 1 aliphatic carbocycles. The first-order valence-electron chi connectivity index (χ1n) is 12.2. The Kier molecular flexibility index (Phi) is 7.30. The van der Waals surface area contributed by atoms with Gasteiger partial charge in [0.2, 0.25) is 0 Å². The van der Waals surface area contributed by atoms with Crippen LogP contribution in [-0.2, 0) is 0 Å². The number of amides is 1. The van der Waals surface area contributed by atoms with Crippen molar-refractivity contribution in [3.8, 4) is 21.7 Å². The molecule has 36 heavy (non-hydrogen) atoms. The maximum absolute atomic E-state index is 13.2. The van der Waals surface area contributed by atoms with Gasteiger partial charge in [0.1, 0.15) is 11.0 Å². The molecule has 4 aromatic rings. The summed E-state index contributed by atoms with van der Waals surface area (Å²) in [7, 11) is 1.74. The minimum atomic E-state index is -0.190. The van der Waals surface area contributed by atoms with Gasteiger partial charge in [-0.05, 0) is 55.7 Å². The summed E-state index contributed by atoms with van der Waals surface area (Å²) in [5.41, 5.74) is 4.50. The van der Waals surface area contributed by atoms with Crippen LogP contribution < -0.4 is 10.2 Å². The third-order valence-electron chi connectivity index (χ3n) is 6.45. The maximum atomic E-state index is 13.2. The summed E-state index contributed by atoms with van der Waals surface area (Å²) in [5, 5.41) is 4.59. The summed E-state index contributed by atoms with van der Waals surface area (Å²) in [5.74, 6) is 0.686. The molecule has 6 nitrogen and oxygen atoms in total. The fraction of sp³-hybridized carbons (Fsp3) is 0.286. The second kappa shape index (κ2) is 10.8. The van der Waals surface area contributed by atoms with E-state index in [1.54, 1.807) is 24.1 Å². The normalized spacial score (nSPS) is 14.0. The Morgan fingerprint density at radius 2 is 1.89 bits per heavy atom. The third kappa shape index (κ3) is 5.42. The Labute approximate surface area is 220 Å². The number of hydrogen-bond acceptors (Lipinski definition) is 6. The van der Waals surface area contributed by atoms with Crippen molar-refractivity contribution in [1.82, 2.24) is 15.0 Å². The highest BCUT2D eigenvalue weighted by Crippen LogP contribution is 2.41. The minimum Gasteiger partial charge on any atom is -0.367 e. The van der Waals surface area contributed by atoms with E-state index in [0.29, 0.717) is 21.9 Å². The zero-order valence-corrected chi connectivity index (χ0v) is 21.9. The van der Waals surface area contributed by atoms with Crippen LogP contribution in [0.5, 0.6) is 0 Å². The molecule has 0 atom stereocenters. The molecule has 5 rings (SSSR count). The average Bonchev–Trinajstić information content (AvgIpc) is 3.35. The van der Waals surface area contributed by atoms with Crippen molar-refractivity contribution in [1.29, 1.82) is 0 Å². The zero-order valence-electron chi connectivity index (χ0n) is 20.4. The Bertz CT molecular complexity index is 1360. The molecule has 1 N–H and O–H groups in total. The van der Waals surface area contributed by atoms with Crippen molar-refractivity contribution in [3.63, 3.8) is 0 Å². The molecule has 184 valence electrons. The smallest absolute Gasteiger partial charge is 0.261 e. The lowest BCUT2D eigenvalue weighted by Gasteiger charge is -2.23. The average molecular weight is 518 g/mol. The van der Waals surface area contributed by atoms with E-state index in [9.17, 15) is 4.79 Å². The number of carbonyl (C=O) groups is 1. The molecular formula is C28H28ClN5OS. The van der Waals surface area contributed by atoms with Gasteiger partial charge in [-0.25, -0.2) is 15.0 Å². The van der Waals surface area contributed by atoms with Gasteiger partial charge in [-0.15, -0.1) is 0 Å². The van der Waals surface area contributed by atoms with E-state index in [-0.39, 0.29) is 5.91 Å². The highest BCUT2D eigenvalue weighted by molar-refractivity contribution is 7.19. The molecule has 3 aromatic heterocycles. The monoisotopic (exact) mass is 517 g/mol. The quantitative estimate of drug-likeness (QED) is 0.273. The minimum absolute atomic E-state index is 0.190. The fourth-order valence-corrected chi connectivity index (χ4v) is 5.68. The number of pyridine rings is 2. The van der Waals surface area contributed by atoms with E-state index < -0.39 is 0 Å². The molecular weight excluding hydrogens is 490 g/mol. The van der Waals surface area contributed by atoms with E-state index in [1.807, 2.05) is 18.3 Å². The predicted molar refractivity (Wildman–Crippen MR) is 148 cm³/mol. The molecule has 8 heteroatoms. The Morgan fingerprint density at radius 1 is 1.06 bits per heavy atom. The Morgan fingerprint density at radius 3 is 2.64 bits per heavy atom. The molecule has 0 saturated heterocycles. The second-order valence-corrected chi connectivity index (χ2v) is 10.6. The lowest BCUT2D eigenvalue weighted by molar-refractivity contribution is 0.0992. The van der Waals surface area contributed by atoms with Crippen molar-refractivity contribution >= 4 is 39.8 Å². The summed E-state index contributed by atoms with van der Waals surface area (Å²) in [6, 6.07) is 16.1. The molecule has 1 aliphatic rings. The van der Waals surface area contributed by atoms with Crippen molar-refractivity contribution in [2.45, 2.75) is 45.1 Å². The number of carbonyl (C=O) groups excluding carboxylic acids is 1. The van der Waals surface area contributed by atoms with Gasteiger partial charge in [-0.2, -0.15) is 0 Å². The van der Waals surface area contributed by atoms with Crippen molar-refractivity contribution in [2.24, 2.45) is 0 Å². The van der Waals surface area contributed by atoms with Gasteiger partial charge in [0.15, 0.2) is 5.13 Å². The first-order valence-corrected chi connectivity index (χ1v) is 13.4. The summed E-state index contributed by atoms with van der Waals surface area (Å²) in [6.45, 7) is 2.07. The molecule has 1 amide bonds. The van der Waals surface area contributed by atoms with Crippen molar-refractivity contribution < 1.29 is 4.79 Å². The van der Waals surface area contributed by atoms with E-state index >= 15 is 0 Å². The lowest BCUT2D eigenvalue weighted by atomic mass is 9.95. The van der Waals surface area contributed by atoms with Gasteiger partial charge >= 0.3 is 0 Å². The topological polar surface area (TPSA) is 71.0 Å². The van der Waals surface area contributed by atoms with Crippen LogP contribution in [0.3, 0.4) is 0 Å². The number of anilines is 2. The highest BCUT2D eigenvalue weighted by atomic mass is 35.5. The number of thiazole rings is 1. The van der Waals surface area contributed by atoms with E-state index in [2.05, 4.69) is 46.5 Å². The summed E-state index contributed by atoms with van der Waals surface area (Å²) in [6.07, 6.45) is 9.52. The molecule has 1 saturated carbocycles. The first kappa shape index (κ1) is 24.4. The molecule has 0 bridgehead atoms. The first-order chi connectivity index (χ1) is 17.5. The second-order valence-electron chi connectivity index (χ2n) is 9.19. The summed E-state index contributed by atoms with van der Waals surface area (Å²) in [4.78, 5) is 29.3. The van der Waals surface area contributed by atoms with Crippen molar-refractivity contribution in [3.05, 3.63) is 77.2 Å².